The lowest BCUT2D eigenvalue weighted by Gasteiger charge is -2.44. The van der Waals surface area contributed by atoms with Crippen molar-refractivity contribution in [2.45, 2.75) is 31.3 Å². The molecule has 0 radical (unpaired) electrons. The summed E-state index contributed by atoms with van der Waals surface area (Å²) in [4.78, 5) is 6.24. The first-order valence-corrected chi connectivity index (χ1v) is 9.26. The van der Waals surface area contributed by atoms with E-state index in [2.05, 4.69) is 20.1 Å². The van der Waals surface area contributed by atoms with Gasteiger partial charge in [-0.15, -0.1) is 10.2 Å². The standard InChI is InChI=1S/C20H20FN5O/c21-16-3-1-2-15-6-7-20(27-19(15)16)8-11-25(12-9-20)17-4-5-18(24-23-17)26-13-10-22-14-26/h1-5,10,13-14H,6-9,11-12H2. The number of imidazole rings is 1. The van der Waals surface area contributed by atoms with E-state index in [1.807, 2.05) is 29.0 Å². The number of piperidine rings is 1. The lowest BCUT2D eigenvalue weighted by molar-refractivity contribution is 0.0184. The molecule has 0 saturated carbocycles. The number of ether oxygens (including phenoxy) is 1. The molecule has 1 saturated heterocycles. The fourth-order valence-electron chi connectivity index (χ4n) is 4.01. The molecule has 27 heavy (non-hydrogen) atoms. The quantitative estimate of drug-likeness (QED) is 0.698. The van der Waals surface area contributed by atoms with E-state index in [0.717, 1.165) is 56.0 Å². The van der Waals surface area contributed by atoms with E-state index < -0.39 is 0 Å². The second kappa shape index (κ2) is 6.33. The molecule has 1 spiro atoms. The molecule has 0 N–H and O–H groups in total. The molecule has 2 aromatic heterocycles. The zero-order valence-electron chi connectivity index (χ0n) is 14.9. The minimum Gasteiger partial charge on any atom is -0.484 e. The van der Waals surface area contributed by atoms with Gasteiger partial charge in [0.2, 0.25) is 0 Å². The van der Waals surface area contributed by atoms with Crippen LogP contribution in [0.15, 0.2) is 49.1 Å². The van der Waals surface area contributed by atoms with Crippen molar-refractivity contribution < 1.29 is 9.13 Å². The second-order valence-corrected chi connectivity index (χ2v) is 7.22. The van der Waals surface area contributed by atoms with Gasteiger partial charge in [0.25, 0.3) is 0 Å². The first-order valence-electron chi connectivity index (χ1n) is 9.26. The largest absolute Gasteiger partial charge is 0.484 e. The van der Waals surface area contributed by atoms with Gasteiger partial charge in [-0.3, -0.25) is 4.57 Å². The number of para-hydroxylation sites is 1. The van der Waals surface area contributed by atoms with Crippen molar-refractivity contribution in [3.05, 3.63) is 60.4 Å². The zero-order chi connectivity index (χ0) is 18.3. The average molecular weight is 365 g/mol. The van der Waals surface area contributed by atoms with E-state index in [1.54, 1.807) is 18.6 Å². The number of fused-ring (bicyclic) bond motifs is 1. The number of anilines is 1. The Labute approximate surface area is 156 Å². The Morgan fingerprint density at radius 1 is 1.00 bits per heavy atom. The van der Waals surface area contributed by atoms with Crippen molar-refractivity contribution in [2.75, 3.05) is 18.0 Å². The van der Waals surface area contributed by atoms with Gasteiger partial charge in [-0.1, -0.05) is 12.1 Å². The number of aromatic nitrogens is 4. The molecule has 138 valence electrons. The highest BCUT2D eigenvalue weighted by Gasteiger charge is 2.40. The Kier molecular flexibility index (Phi) is 3.81. The molecule has 0 aliphatic carbocycles. The van der Waals surface area contributed by atoms with Crippen molar-refractivity contribution in [1.82, 2.24) is 19.7 Å². The van der Waals surface area contributed by atoms with Crippen LogP contribution in [0, 0.1) is 5.82 Å². The van der Waals surface area contributed by atoms with Crippen LogP contribution in [0.4, 0.5) is 10.2 Å². The maximum Gasteiger partial charge on any atom is 0.165 e. The zero-order valence-corrected chi connectivity index (χ0v) is 14.9. The topological polar surface area (TPSA) is 56.1 Å². The molecule has 1 aromatic carbocycles. The molecule has 6 nitrogen and oxygen atoms in total. The molecule has 5 rings (SSSR count). The molecular formula is C20H20FN5O. The molecule has 0 bridgehead atoms. The number of rotatable bonds is 2. The number of halogens is 1. The van der Waals surface area contributed by atoms with E-state index >= 15 is 0 Å². The Morgan fingerprint density at radius 2 is 1.81 bits per heavy atom. The molecule has 7 heteroatoms. The summed E-state index contributed by atoms with van der Waals surface area (Å²) in [7, 11) is 0. The summed E-state index contributed by atoms with van der Waals surface area (Å²) in [5.41, 5.74) is 0.708. The minimum atomic E-state index is -0.268. The van der Waals surface area contributed by atoms with Crippen molar-refractivity contribution >= 4 is 5.82 Å². The van der Waals surface area contributed by atoms with Crippen molar-refractivity contribution in [2.24, 2.45) is 0 Å². The summed E-state index contributed by atoms with van der Waals surface area (Å²) in [5.74, 6) is 1.79. The Balaban J connectivity index is 1.29. The molecule has 3 aromatic rings. The minimum absolute atomic E-state index is 0.255. The van der Waals surface area contributed by atoms with Crippen molar-refractivity contribution in [3.63, 3.8) is 0 Å². The van der Waals surface area contributed by atoms with Gasteiger partial charge in [0.15, 0.2) is 23.2 Å². The first-order chi connectivity index (χ1) is 13.2. The molecular weight excluding hydrogens is 345 g/mol. The highest BCUT2D eigenvalue weighted by Crippen LogP contribution is 2.41. The van der Waals surface area contributed by atoms with E-state index in [1.165, 1.54) is 6.07 Å². The van der Waals surface area contributed by atoms with Gasteiger partial charge < -0.3 is 9.64 Å². The Bertz CT molecular complexity index is 934. The smallest absolute Gasteiger partial charge is 0.165 e. The van der Waals surface area contributed by atoms with Gasteiger partial charge >= 0.3 is 0 Å². The predicted molar refractivity (Wildman–Crippen MR) is 98.7 cm³/mol. The monoisotopic (exact) mass is 365 g/mol. The highest BCUT2D eigenvalue weighted by atomic mass is 19.1. The fourth-order valence-corrected chi connectivity index (χ4v) is 4.01. The lowest BCUT2D eigenvalue weighted by atomic mass is 9.83. The normalized spacial score (nSPS) is 18.2. The third-order valence-electron chi connectivity index (χ3n) is 5.62. The molecule has 2 aliphatic heterocycles. The molecule has 0 amide bonds. The van der Waals surface area contributed by atoms with Crippen molar-refractivity contribution in [3.8, 4) is 11.6 Å². The third kappa shape index (κ3) is 2.93. The number of nitrogens with zero attached hydrogens (tertiary/aromatic N) is 5. The molecule has 0 atom stereocenters. The summed E-state index contributed by atoms with van der Waals surface area (Å²) in [6.07, 6.45) is 8.76. The number of benzene rings is 1. The van der Waals surface area contributed by atoms with Gasteiger partial charge in [0.05, 0.1) is 0 Å². The Morgan fingerprint density at radius 3 is 2.56 bits per heavy atom. The third-order valence-corrected chi connectivity index (χ3v) is 5.62. The maximum atomic E-state index is 14.1. The molecule has 1 fully saturated rings. The summed E-state index contributed by atoms with van der Waals surface area (Å²) in [6.45, 7) is 1.64. The van der Waals surface area contributed by atoms with Gasteiger partial charge in [-0.25, -0.2) is 9.37 Å². The maximum absolute atomic E-state index is 14.1. The van der Waals surface area contributed by atoms with Crippen LogP contribution in [0.2, 0.25) is 0 Å². The number of aryl methyl sites for hydroxylation is 1. The summed E-state index contributed by atoms with van der Waals surface area (Å²) in [5, 5.41) is 8.66. The fraction of sp³-hybridized carbons (Fsp3) is 0.350. The van der Waals surface area contributed by atoms with Crippen molar-refractivity contribution in [1.29, 1.82) is 0 Å². The predicted octanol–water partition coefficient (Wildman–Crippen LogP) is 3.17. The summed E-state index contributed by atoms with van der Waals surface area (Å²) in [6, 6.07) is 9.11. The number of hydrogen-bond donors (Lipinski definition) is 0. The summed E-state index contributed by atoms with van der Waals surface area (Å²) >= 11 is 0. The SMILES string of the molecule is Fc1cccc2c1OC1(CC2)CCN(c2ccc(-n3ccnc3)nn2)CC1. The van der Waals surface area contributed by atoms with Gasteiger partial charge in [-0.2, -0.15) is 0 Å². The van der Waals surface area contributed by atoms with Crippen LogP contribution in [0.3, 0.4) is 0 Å². The van der Waals surface area contributed by atoms with E-state index in [-0.39, 0.29) is 11.4 Å². The Hall–Kier alpha value is -2.96. The molecule has 4 heterocycles. The van der Waals surface area contributed by atoms with E-state index in [4.69, 9.17) is 4.74 Å². The first kappa shape index (κ1) is 16.2. The van der Waals surface area contributed by atoms with Crippen LogP contribution in [0.1, 0.15) is 24.8 Å². The van der Waals surface area contributed by atoms with Crippen LogP contribution in [-0.2, 0) is 6.42 Å². The second-order valence-electron chi connectivity index (χ2n) is 7.22. The van der Waals surface area contributed by atoms with Gasteiger partial charge in [0, 0.05) is 38.3 Å². The highest BCUT2D eigenvalue weighted by molar-refractivity contribution is 5.42. The number of hydrogen-bond acceptors (Lipinski definition) is 5. The van der Waals surface area contributed by atoms with Gasteiger partial charge in [-0.05, 0) is 36.6 Å². The summed E-state index contributed by atoms with van der Waals surface area (Å²) < 4.78 is 22.2. The lowest BCUT2D eigenvalue weighted by Crippen LogP contribution is -2.50. The molecule has 2 aliphatic rings. The van der Waals surface area contributed by atoms with Crippen LogP contribution in [0.5, 0.6) is 5.75 Å². The van der Waals surface area contributed by atoms with E-state index in [0.29, 0.717) is 5.75 Å². The van der Waals surface area contributed by atoms with E-state index in [9.17, 15) is 4.39 Å². The van der Waals surface area contributed by atoms with Crippen LogP contribution in [0.25, 0.3) is 5.82 Å². The van der Waals surface area contributed by atoms with Crippen LogP contribution >= 0.6 is 0 Å². The van der Waals surface area contributed by atoms with Crippen LogP contribution < -0.4 is 9.64 Å². The van der Waals surface area contributed by atoms with Crippen LogP contribution in [-0.4, -0.2) is 38.4 Å². The molecule has 0 unspecified atom stereocenters. The van der Waals surface area contributed by atoms with Gasteiger partial charge in [0.1, 0.15) is 11.9 Å². The average Bonchev–Trinajstić information content (AvgIpc) is 3.25.